The van der Waals surface area contributed by atoms with Crippen molar-refractivity contribution in [1.82, 2.24) is 4.57 Å². The second-order valence-corrected chi connectivity index (χ2v) is 6.11. The fourth-order valence-electron chi connectivity index (χ4n) is 3.01. The van der Waals surface area contributed by atoms with Crippen molar-refractivity contribution in [2.75, 3.05) is 20.8 Å². The van der Waals surface area contributed by atoms with Gasteiger partial charge < -0.3 is 18.8 Å². The van der Waals surface area contributed by atoms with Crippen LogP contribution in [0.5, 0.6) is 11.5 Å². The lowest BCUT2D eigenvalue weighted by molar-refractivity contribution is 0.134. The Morgan fingerprint density at radius 3 is 2.44 bits per heavy atom. The Bertz CT molecular complexity index is 996. The molecule has 0 unspecified atom stereocenters. The van der Waals surface area contributed by atoms with E-state index in [-0.39, 0.29) is 17.5 Å². The van der Waals surface area contributed by atoms with Crippen LogP contribution < -0.4 is 14.9 Å². The van der Waals surface area contributed by atoms with Crippen LogP contribution in [-0.4, -0.2) is 25.4 Å². The van der Waals surface area contributed by atoms with E-state index in [4.69, 9.17) is 14.2 Å². The first-order chi connectivity index (χ1) is 13.1. The second-order valence-electron chi connectivity index (χ2n) is 6.11. The first-order valence-corrected chi connectivity index (χ1v) is 8.72. The average molecular weight is 371 g/mol. The molecule has 0 aliphatic carbocycles. The van der Waals surface area contributed by atoms with Gasteiger partial charge in [-0.3, -0.25) is 4.79 Å². The van der Waals surface area contributed by atoms with Gasteiger partial charge in [-0.05, 0) is 36.2 Å². The van der Waals surface area contributed by atoms with Crippen molar-refractivity contribution in [2.24, 2.45) is 0 Å². The van der Waals surface area contributed by atoms with Gasteiger partial charge in [-0.25, -0.2) is 4.39 Å². The van der Waals surface area contributed by atoms with E-state index in [1.165, 1.54) is 6.07 Å². The molecule has 2 aromatic carbocycles. The Kier molecular flexibility index (Phi) is 5.76. The number of fused-ring (bicyclic) bond motifs is 1. The van der Waals surface area contributed by atoms with Gasteiger partial charge in [0.15, 0.2) is 5.43 Å². The molecule has 0 amide bonds. The van der Waals surface area contributed by atoms with E-state index in [9.17, 15) is 9.18 Å². The van der Waals surface area contributed by atoms with Crippen LogP contribution in [0, 0.1) is 5.82 Å². The Balaban J connectivity index is 2.29. The molecule has 0 atom stereocenters. The first kappa shape index (κ1) is 18.9. The summed E-state index contributed by atoms with van der Waals surface area (Å²) in [6.45, 7) is 2.61. The number of pyridine rings is 1. The zero-order valence-corrected chi connectivity index (χ0v) is 15.6. The summed E-state index contributed by atoms with van der Waals surface area (Å²) in [6, 6.07) is 9.88. The molecule has 0 bridgehead atoms. The molecule has 3 aromatic rings. The number of nitrogens with zero attached hydrogens (tertiary/aromatic N) is 1. The minimum atomic E-state index is -0.584. The molecule has 3 rings (SSSR count). The maximum absolute atomic E-state index is 14.7. The third-order valence-electron chi connectivity index (χ3n) is 4.26. The maximum Gasteiger partial charge on any atom is 0.200 e. The molecule has 0 radical (unpaired) electrons. The van der Waals surface area contributed by atoms with Crippen molar-refractivity contribution >= 4 is 10.9 Å². The quantitative estimate of drug-likeness (QED) is 0.624. The maximum atomic E-state index is 14.7. The third-order valence-corrected chi connectivity index (χ3v) is 4.26. The van der Waals surface area contributed by atoms with Crippen LogP contribution >= 0.6 is 0 Å². The Labute approximate surface area is 156 Å². The Hall–Kier alpha value is -2.86. The van der Waals surface area contributed by atoms with Crippen molar-refractivity contribution in [1.29, 1.82) is 0 Å². The van der Waals surface area contributed by atoms with Gasteiger partial charge in [-0.15, -0.1) is 0 Å². The number of ether oxygens (including phenoxy) is 3. The molecular weight excluding hydrogens is 349 g/mol. The summed E-state index contributed by atoms with van der Waals surface area (Å²) in [5, 5.41) is -0.00558. The van der Waals surface area contributed by atoms with Gasteiger partial charge in [-0.1, -0.05) is 19.1 Å². The molecule has 5 nitrogen and oxygen atoms in total. The van der Waals surface area contributed by atoms with Crippen molar-refractivity contribution in [3.8, 4) is 22.6 Å². The highest BCUT2D eigenvalue weighted by molar-refractivity contribution is 5.89. The summed E-state index contributed by atoms with van der Waals surface area (Å²) >= 11 is 0. The zero-order chi connectivity index (χ0) is 19.4. The SMILES string of the molecule is CCCOc1ccc(F)c2c(=O)c(-c3ccc(OC)cc3)cn(COC)c12. The van der Waals surface area contributed by atoms with Gasteiger partial charge in [0.05, 0.1) is 24.6 Å². The highest BCUT2D eigenvalue weighted by Crippen LogP contribution is 2.29. The number of benzene rings is 2. The van der Waals surface area contributed by atoms with Crippen molar-refractivity contribution in [2.45, 2.75) is 20.1 Å². The molecule has 0 aliphatic heterocycles. The molecule has 6 heteroatoms. The van der Waals surface area contributed by atoms with E-state index in [0.717, 1.165) is 6.42 Å². The normalized spacial score (nSPS) is 11.0. The molecule has 0 fully saturated rings. The molecule has 0 spiro atoms. The molecule has 142 valence electrons. The van der Waals surface area contributed by atoms with Gasteiger partial charge >= 0.3 is 0 Å². The van der Waals surface area contributed by atoms with Gasteiger partial charge in [0, 0.05) is 18.9 Å². The van der Waals surface area contributed by atoms with Crippen LogP contribution in [0.25, 0.3) is 22.0 Å². The molecule has 0 saturated heterocycles. The van der Waals surface area contributed by atoms with Gasteiger partial charge in [0.1, 0.15) is 24.0 Å². The fourth-order valence-corrected chi connectivity index (χ4v) is 3.01. The Morgan fingerprint density at radius 2 is 1.81 bits per heavy atom. The molecule has 1 aromatic heterocycles. The van der Waals surface area contributed by atoms with Crippen LogP contribution in [-0.2, 0) is 11.5 Å². The van der Waals surface area contributed by atoms with E-state index < -0.39 is 5.82 Å². The number of hydrogen-bond acceptors (Lipinski definition) is 4. The zero-order valence-electron chi connectivity index (χ0n) is 15.6. The van der Waals surface area contributed by atoms with Crippen molar-refractivity contribution in [3.63, 3.8) is 0 Å². The van der Waals surface area contributed by atoms with Crippen LogP contribution in [0.2, 0.25) is 0 Å². The second kappa shape index (κ2) is 8.22. The minimum absolute atomic E-state index is 0.00558. The van der Waals surface area contributed by atoms with Crippen molar-refractivity contribution < 1.29 is 18.6 Å². The summed E-state index contributed by atoms with van der Waals surface area (Å²) in [4.78, 5) is 13.1. The Morgan fingerprint density at radius 1 is 1.07 bits per heavy atom. The highest BCUT2D eigenvalue weighted by atomic mass is 19.1. The summed E-state index contributed by atoms with van der Waals surface area (Å²) in [7, 11) is 3.12. The average Bonchev–Trinajstić information content (AvgIpc) is 2.69. The standard InChI is InChI=1S/C21H22FNO4/c1-4-11-27-18-10-9-17(22)19-20(18)23(13-25-2)12-16(21(19)24)14-5-7-15(26-3)8-6-14/h5-10,12H,4,11,13H2,1-3H3. The molecule has 27 heavy (non-hydrogen) atoms. The van der Waals surface area contributed by atoms with Crippen LogP contribution in [0.4, 0.5) is 4.39 Å². The number of rotatable bonds is 7. The molecule has 0 saturated carbocycles. The fraction of sp³-hybridized carbons (Fsp3) is 0.286. The van der Waals surface area contributed by atoms with Crippen LogP contribution in [0.15, 0.2) is 47.4 Å². The number of hydrogen-bond donors (Lipinski definition) is 0. The van der Waals surface area contributed by atoms with E-state index in [1.54, 1.807) is 55.3 Å². The lowest BCUT2D eigenvalue weighted by Gasteiger charge is -2.17. The predicted molar refractivity (Wildman–Crippen MR) is 103 cm³/mol. The monoisotopic (exact) mass is 371 g/mol. The lowest BCUT2D eigenvalue weighted by Crippen LogP contribution is -2.15. The van der Waals surface area contributed by atoms with E-state index >= 15 is 0 Å². The molecule has 1 heterocycles. The van der Waals surface area contributed by atoms with Crippen molar-refractivity contribution in [3.05, 3.63) is 58.6 Å². The highest BCUT2D eigenvalue weighted by Gasteiger charge is 2.18. The molecular formula is C21H22FNO4. The summed E-state index contributed by atoms with van der Waals surface area (Å²) in [5.41, 5.74) is 1.06. The van der Waals surface area contributed by atoms with E-state index in [2.05, 4.69) is 0 Å². The topological polar surface area (TPSA) is 49.7 Å². The first-order valence-electron chi connectivity index (χ1n) is 8.72. The summed E-state index contributed by atoms with van der Waals surface area (Å²) in [5.74, 6) is 0.556. The van der Waals surface area contributed by atoms with Gasteiger partial charge in [0.2, 0.25) is 0 Å². The van der Waals surface area contributed by atoms with Gasteiger partial charge in [-0.2, -0.15) is 0 Å². The predicted octanol–water partition coefficient (Wildman–Crippen LogP) is 4.21. The van der Waals surface area contributed by atoms with Crippen LogP contribution in [0.3, 0.4) is 0 Å². The number of aromatic nitrogens is 1. The smallest absolute Gasteiger partial charge is 0.200 e. The summed E-state index contributed by atoms with van der Waals surface area (Å²) < 4.78 is 32.5. The number of halogens is 1. The molecule has 0 aliphatic rings. The van der Waals surface area contributed by atoms with Gasteiger partial charge in [0.25, 0.3) is 0 Å². The summed E-state index contributed by atoms with van der Waals surface area (Å²) in [6.07, 6.45) is 2.48. The minimum Gasteiger partial charge on any atom is -0.497 e. The lowest BCUT2D eigenvalue weighted by atomic mass is 10.0. The van der Waals surface area contributed by atoms with E-state index in [0.29, 0.717) is 34.7 Å². The number of methoxy groups -OCH3 is 2. The van der Waals surface area contributed by atoms with E-state index in [1.807, 2.05) is 6.92 Å². The third kappa shape index (κ3) is 3.66. The molecule has 0 N–H and O–H groups in total. The largest absolute Gasteiger partial charge is 0.497 e. The van der Waals surface area contributed by atoms with Crippen LogP contribution in [0.1, 0.15) is 13.3 Å².